The summed E-state index contributed by atoms with van der Waals surface area (Å²) in [4.78, 5) is 19.5. The van der Waals surface area contributed by atoms with Gasteiger partial charge in [-0.25, -0.2) is 0 Å². The summed E-state index contributed by atoms with van der Waals surface area (Å²) in [6, 6.07) is 17.0. The van der Waals surface area contributed by atoms with Gasteiger partial charge in [-0.2, -0.15) is 0 Å². The molecule has 3 aromatic rings. The number of hydrogen-bond donors (Lipinski definition) is 2. The highest BCUT2D eigenvalue weighted by Crippen LogP contribution is 2.30. The summed E-state index contributed by atoms with van der Waals surface area (Å²) < 4.78 is 0. The largest absolute Gasteiger partial charge is 0.378 e. The summed E-state index contributed by atoms with van der Waals surface area (Å²) in [6.07, 6.45) is 2.11. The number of fused-ring (bicyclic) bond motifs is 1. The highest BCUT2D eigenvalue weighted by molar-refractivity contribution is 5.84. The van der Waals surface area contributed by atoms with E-state index in [0.717, 1.165) is 12.1 Å². The minimum absolute atomic E-state index is 0.108. The second-order valence-corrected chi connectivity index (χ2v) is 7.82. The number of carbonyl (C=O) groups excluding carboxylic acids is 1. The van der Waals surface area contributed by atoms with Gasteiger partial charge in [0, 0.05) is 51.0 Å². The zero-order valence-electron chi connectivity index (χ0n) is 17.4. The normalized spacial score (nSPS) is 13.3. The number of H-pyrrole nitrogens is 1. The molecular weight excluding hydrogens is 348 g/mol. The number of carbonyl (C=O) groups is 1. The van der Waals surface area contributed by atoms with E-state index < -0.39 is 0 Å². The highest BCUT2D eigenvalue weighted by atomic mass is 16.2. The number of likely N-dealkylation sites (N-methyl/N-ethyl adjacent to an activating group) is 1. The van der Waals surface area contributed by atoms with Crippen LogP contribution in [0.15, 0.2) is 54.7 Å². The summed E-state index contributed by atoms with van der Waals surface area (Å²) in [6.45, 7) is 2.79. The van der Waals surface area contributed by atoms with Crippen LogP contribution < -0.4 is 10.2 Å². The third kappa shape index (κ3) is 4.20. The van der Waals surface area contributed by atoms with E-state index in [2.05, 4.69) is 78.0 Å². The van der Waals surface area contributed by atoms with Crippen molar-refractivity contribution in [3.05, 3.63) is 65.9 Å². The van der Waals surface area contributed by atoms with E-state index in [1.54, 1.807) is 4.90 Å². The van der Waals surface area contributed by atoms with Crippen molar-refractivity contribution in [2.75, 3.05) is 39.6 Å². The molecule has 0 fully saturated rings. The Balaban J connectivity index is 1.93. The van der Waals surface area contributed by atoms with Gasteiger partial charge in [-0.3, -0.25) is 4.79 Å². The second kappa shape index (κ2) is 8.48. The lowest BCUT2D eigenvalue weighted by Gasteiger charge is -2.21. The molecule has 0 aliphatic carbocycles. The summed E-state index contributed by atoms with van der Waals surface area (Å²) >= 11 is 0. The number of para-hydroxylation sites is 1. The number of aromatic nitrogens is 1. The lowest BCUT2D eigenvalue weighted by Crippen LogP contribution is -2.92. The second-order valence-electron chi connectivity index (χ2n) is 7.82. The summed E-state index contributed by atoms with van der Waals surface area (Å²) in [5, 5.41) is 3.39. The third-order valence-corrected chi connectivity index (χ3v) is 5.36. The Labute approximate surface area is 167 Å². The molecule has 0 aliphatic rings. The molecule has 148 valence electrons. The van der Waals surface area contributed by atoms with Crippen molar-refractivity contribution >= 4 is 22.5 Å². The molecule has 0 bridgehead atoms. The maximum Gasteiger partial charge on any atom is 0.279 e. The van der Waals surface area contributed by atoms with Crippen molar-refractivity contribution in [3.8, 4) is 0 Å². The van der Waals surface area contributed by atoms with Gasteiger partial charge in [0.25, 0.3) is 5.91 Å². The van der Waals surface area contributed by atoms with Crippen molar-refractivity contribution in [2.24, 2.45) is 0 Å². The fourth-order valence-corrected chi connectivity index (χ4v) is 3.68. The monoisotopic (exact) mass is 379 g/mol. The zero-order chi connectivity index (χ0) is 20.3. The standard InChI is InChI=1S/C23H30N4O/c1-16(23(28)27(4)5)24-14-20(17-10-12-18(13-11-17)26(2)3)21-15-25-22-9-7-6-8-19(21)22/h6-13,15-16,20,24-25H,14H2,1-5H3/p+1/t16-,20-/m1/s1. The molecule has 0 aliphatic heterocycles. The predicted octanol–water partition coefficient (Wildman–Crippen LogP) is 2.41. The molecule has 1 heterocycles. The number of amides is 1. The number of nitrogens with two attached hydrogens (primary N) is 1. The predicted molar refractivity (Wildman–Crippen MR) is 116 cm³/mol. The Morgan fingerprint density at radius 3 is 2.36 bits per heavy atom. The highest BCUT2D eigenvalue weighted by Gasteiger charge is 2.24. The van der Waals surface area contributed by atoms with Crippen molar-refractivity contribution < 1.29 is 10.1 Å². The average molecular weight is 380 g/mol. The minimum atomic E-state index is -0.108. The Morgan fingerprint density at radius 2 is 1.71 bits per heavy atom. The minimum Gasteiger partial charge on any atom is -0.378 e. The first-order valence-corrected chi connectivity index (χ1v) is 9.76. The van der Waals surface area contributed by atoms with Gasteiger partial charge >= 0.3 is 0 Å². The van der Waals surface area contributed by atoms with Crippen LogP contribution in [0.2, 0.25) is 0 Å². The molecule has 0 spiro atoms. The van der Waals surface area contributed by atoms with E-state index in [0.29, 0.717) is 0 Å². The van der Waals surface area contributed by atoms with Crippen molar-refractivity contribution in [3.63, 3.8) is 0 Å². The molecule has 0 saturated heterocycles. The topological polar surface area (TPSA) is 56.0 Å². The van der Waals surface area contributed by atoms with Crippen LogP contribution >= 0.6 is 0 Å². The fraction of sp³-hybridized carbons (Fsp3) is 0.348. The van der Waals surface area contributed by atoms with Crippen LogP contribution in [-0.4, -0.2) is 56.6 Å². The Morgan fingerprint density at radius 1 is 1.04 bits per heavy atom. The average Bonchev–Trinajstić information content (AvgIpc) is 3.11. The molecule has 2 aromatic carbocycles. The van der Waals surface area contributed by atoms with Gasteiger partial charge in [0.05, 0.1) is 12.5 Å². The van der Waals surface area contributed by atoms with E-state index in [4.69, 9.17) is 0 Å². The van der Waals surface area contributed by atoms with Crippen LogP contribution in [-0.2, 0) is 4.79 Å². The van der Waals surface area contributed by atoms with Crippen LogP contribution in [0.1, 0.15) is 24.0 Å². The Kier molecular flexibility index (Phi) is 6.05. The Bertz CT molecular complexity index is 927. The molecule has 0 radical (unpaired) electrons. The van der Waals surface area contributed by atoms with Gasteiger partial charge < -0.3 is 20.1 Å². The first kappa shape index (κ1) is 20.0. The molecule has 1 aromatic heterocycles. The van der Waals surface area contributed by atoms with E-state index >= 15 is 0 Å². The van der Waals surface area contributed by atoms with Gasteiger partial charge in [-0.1, -0.05) is 30.3 Å². The number of aromatic amines is 1. The van der Waals surface area contributed by atoms with Crippen LogP contribution in [0.5, 0.6) is 0 Å². The Hall–Kier alpha value is -2.79. The van der Waals surface area contributed by atoms with Crippen molar-refractivity contribution in [1.29, 1.82) is 0 Å². The van der Waals surface area contributed by atoms with Crippen LogP contribution in [0, 0.1) is 0 Å². The molecule has 5 nitrogen and oxygen atoms in total. The lowest BCUT2D eigenvalue weighted by atomic mass is 9.90. The number of anilines is 1. The van der Waals surface area contributed by atoms with E-state index in [9.17, 15) is 4.79 Å². The van der Waals surface area contributed by atoms with E-state index in [-0.39, 0.29) is 17.9 Å². The SMILES string of the molecule is C[C@@H]([NH2+]C[C@H](c1ccc(N(C)C)cc1)c1c[nH]c2ccccc12)C(=O)N(C)C. The number of benzene rings is 2. The molecule has 0 saturated carbocycles. The summed E-state index contributed by atoms with van der Waals surface area (Å²) in [7, 11) is 7.72. The van der Waals surface area contributed by atoms with Crippen LogP contribution in [0.3, 0.4) is 0 Å². The zero-order valence-corrected chi connectivity index (χ0v) is 17.4. The van der Waals surface area contributed by atoms with Crippen molar-refractivity contribution in [2.45, 2.75) is 18.9 Å². The molecule has 3 N–H and O–H groups in total. The summed E-state index contributed by atoms with van der Waals surface area (Å²) in [5.74, 6) is 0.338. The first-order valence-electron chi connectivity index (χ1n) is 9.76. The number of hydrogen-bond acceptors (Lipinski definition) is 2. The third-order valence-electron chi connectivity index (χ3n) is 5.36. The summed E-state index contributed by atoms with van der Waals surface area (Å²) in [5.41, 5.74) is 4.86. The van der Waals surface area contributed by atoms with Gasteiger partial charge in [0.15, 0.2) is 6.04 Å². The van der Waals surface area contributed by atoms with Gasteiger partial charge in [-0.15, -0.1) is 0 Å². The fourth-order valence-electron chi connectivity index (χ4n) is 3.68. The number of rotatable bonds is 7. The smallest absolute Gasteiger partial charge is 0.279 e. The maximum absolute atomic E-state index is 12.3. The molecule has 1 amide bonds. The number of nitrogens with zero attached hydrogens (tertiary/aromatic N) is 2. The molecule has 3 rings (SSSR count). The maximum atomic E-state index is 12.3. The van der Waals surface area contributed by atoms with Gasteiger partial charge in [0.2, 0.25) is 0 Å². The van der Waals surface area contributed by atoms with E-state index in [1.165, 1.54) is 22.2 Å². The molecular formula is C23H31N4O+. The van der Waals surface area contributed by atoms with E-state index in [1.807, 2.05) is 27.1 Å². The van der Waals surface area contributed by atoms with Gasteiger partial charge in [0.1, 0.15) is 0 Å². The number of nitrogens with one attached hydrogen (secondary N) is 1. The number of quaternary nitrogens is 1. The van der Waals surface area contributed by atoms with Crippen LogP contribution in [0.25, 0.3) is 10.9 Å². The quantitative estimate of drug-likeness (QED) is 0.662. The van der Waals surface area contributed by atoms with Gasteiger partial charge in [-0.05, 0) is 36.2 Å². The molecule has 0 unspecified atom stereocenters. The molecule has 28 heavy (non-hydrogen) atoms. The van der Waals surface area contributed by atoms with Crippen molar-refractivity contribution in [1.82, 2.24) is 9.88 Å². The van der Waals surface area contributed by atoms with Crippen LogP contribution in [0.4, 0.5) is 5.69 Å². The molecule has 2 atom stereocenters. The lowest BCUT2D eigenvalue weighted by molar-refractivity contribution is -0.675. The molecule has 5 heteroatoms. The first-order chi connectivity index (χ1) is 13.4.